The molecule has 0 aromatic carbocycles. The van der Waals surface area contributed by atoms with Crippen molar-refractivity contribution in [1.29, 1.82) is 0 Å². The molecule has 0 aliphatic carbocycles. The number of carbonyl (C=O) groups is 1. The summed E-state index contributed by atoms with van der Waals surface area (Å²) in [6, 6.07) is -0.845. The van der Waals surface area contributed by atoms with E-state index in [-0.39, 0.29) is 19.1 Å². The molecule has 488 valence electrons. The Bertz CT molecular complexity index is 1390. The summed E-state index contributed by atoms with van der Waals surface area (Å²) in [5, 5.41) is 14.0. The van der Waals surface area contributed by atoms with Crippen LogP contribution in [0, 0.1) is 0 Å². The number of nitrogens with one attached hydrogen (secondary N) is 1. The van der Waals surface area contributed by atoms with Crippen LogP contribution >= 0.6 is 7.82 Å². The van der Waals surface area contributed by atoms with Crippen LogP contribution in [0.1, 0.15) is 386 Å². The lowest BCUT2D eigenvalue weighted by Crippen LogP contribution is -2.45. The maximum Gasteiger partial charge on any atom is 0.472 e. The number of quaternary nitrogens is 1. The Hall–Kier alpha value is -1.02. The highest BCUT2D eigenvalue weighted by Gasteiger charge is 2.28. The molecule has 0 aromatic rings. The molecule has 3 N–H and O–H groups in total. The van der Waals surface area contributed by atoms with E-state index in [1.807, 2.05) is 27.2 Å². The van der Waals surface area contributed by atoms with E-state index in [0.29, 0.717) is 17.4 Å². The number of allylic oxidation sites excluding steroid dienone is 3. The summed E-state index contributed by atoms with van der Waals surface area (Å²) < 4.78 is 23.8. The van der Waals surface area contributed by atoms with Crippen molar-refractivity contribution in [3.63, 3.8) is 0 Å². The normalized spacial score (nSPS) is 13.7. The Balaban J connectivity index is 4.00. The van der Waals surface area contributed by atoms with Gasteiger partial charge in [-0.15, -0.1) is 0 Å². The fourth-order valence-corrected chi connectivity index (χ4v) is 12.2. The van der Waals surface area contributed by atoms with Crippen molar-refractivity contribution in [2.45, 2.75) is 398 Å². The topological polar surface area (TPSA) is 105 Å². The molecule has 0 spiro atoms. The monoisotopic (exact) mass is 1180 g/mol. The highest BCUT2D eigenvalue weighted by molar-refractivity contribution is 7.47. The maximum atomic E-state index is 13.1. The van der Waals surface area contributed by atoms with Gasteiger partial charge in [-0.1, -0.05) is 359 Å². The van der Waals surface area contributed by atoms with Crippen LogP contribution in [0.5, 0.6) is 0 Å². The first kappa shape index (κ1) is 81.0. The van der Waals surface area contributed by atoms with Crippen molar-refractivity contribution in [1.82, 2.24) is 5.32 Å². The second kappa shape index (κ2) is 64.5. The number of amides is 1. The van der Waals surface area contributed by atoms with Crippen LogP contribution in [0.4, 0.5) is 0 Å². The molecule has 0 aliphatic heterocycles. The molecule has 3 unspecified atom stereocenters. The van der Waals surface area contributed by atoms with E-state index in [2.05, 4.69) is 31.3 Å². The largest absolute Gasteiger partial charge is 0.472 e. The van der Waals surface area contributed by atoms with Crippen molar-refractivity contribution in [2.75, 3.05) is 40.9 Å². The second-order valence-electron chi connectivity index (χ2n) is 26.7. The molecular weight excluding hydrogens is 1030 g/mol. The van der Waals surface area contributed by atoms with Crippen molar-refractivity contribution in [2.24, 2.45) is 0 Å². The van der Waals surface area contributed by atoms with Gasteiger partial charge >= 0.3 is 7.82 Å². The molecule has 3 atom stereocenters. The summed E-state index contributed by atoms with van der Waals surface area (Å²) in [6.07, 6.45) is 84.8. The molecule has 0 radical (unpaired) electrons. The first-order valence-electron chi connectivity index (χ1n) is 36.7. The van der Waals surface area contributed by atoms with Crippen LogP contribution < -0.4 is 5.32 Å². The van der Waals surface area contributed by atoms with Gasteiger partial charge in [0, 0.05) is 6.42 Å². The fourth-order valence-electron chi connectivity index (χ4n) is 11.5. The quantitative estimate of drug-likeness (QED) is 0.0243. The van der Waals surface area contributed by atoms with E-state index in [1.165, 1.54) is 334 Å². The molecule has 0 aromatic heterocycles. The number of nitrogens with zero attached hydrogens (tertiary/aromatic N) is 1. The third kappa shape index (κ3) is 66.5. The Labute approximate surface area is 513 Å². The van der Waals surface area contributed by atoms with Gasteiger partial charge in [0.2, 0.25) is 5.91 Å². The molecule has 0 rings (SSSR count). The van der Waals surface area contributed by atoms with E-state index in [9.17, 15) is 19.4 Å². The molecule has 0 fully saturated rings. The van der Waals surface area contributed by atoms with Gasteiger partial charge in [-0.2, -0.15) is 0 Å². The minimum Gasteiger partial charge on any atom is -0.387 e. The highest BCUT2D eigenvalue weighted by Crippen LogP contribution is 2.43. The number of hydrogen-bond donors (Lipinski definition) is 3. The molecule has 0 bridgehead atoms. The molecule has 1 amide bonds. The highest BCUT2D eigenvalue weighted by atomic mass is 31.2. The minimum absolute atomic E-state index is 0.0646. The van der Waals surface area contributed by atoms with Crippen LogP contribution in [-0.2, 0) is 18.4 Å². The van der Waals surface area contributed by atoms with Crippen LogP contribution in [-0.4, -0.2) is 73.4 Å². The number of likely N-dealkylation sites (N-methyl/N-ethyl adjacent to an activating group) is 1. The van der Waals surface area contributed by atoms with Crippen molar-refractivity contribution < 1.29 is 32.9 Å². The number of carbonyl (C=O) groups excluding carboxylic acids is 1. The number of phosphoric acid groups is 1. The lowest BCUT2D eigenvalue weighted by molar-refractivity contribution is -0.870. The minimum atomic E-state index is -4.35. The third-order valence-corrected chi connectivity index (χ3v) is 18.1. The maximum absolute atomic E-state index is 13.1. The van der Waals surface area contributed by atoms with Crippen molar-refractivity contribution in [3.05, 3.63) is 24.3 Å². The predicted molar refractivity (Wildman–Crippen MR) is 360 cm³/mol. The molecule has 0 saturated carbocycles. The second-order valence-corrected chi connectivity index (χ2v) is 28.1. The molecular formula is C73H146N2O6P+. The SMILES string of the molecule is CCCCCCCCCC/C=C\CCCCCCCCCCCCCCCCCCCCCCCC(=O)NC(COP(=O)(O)OCC[N+](C)(C)C)C(O)/C=C/CCCCCCCCCCCCCCCCCCCCCCCCCCC. The van der Waals surface area contributed by atoms with Gasteiger partial charge in [0.25, 0.3) is 0 Å². The summed E-state index contributed by atoms with van der Waals surface area (Å²) in [5.41, 5.74) is 0. The average molecular weight is 1180 g/mol. The van der Waals surface area contributed by atoms with Gasteiger partial charge in [0.1, 0.15) is 13.2 Å². The van der Waals surface area contributed by atoms with Crippen molar-refractivity contribution in [3.8, 4) is 0 Å². The number of rotatable bonds is 69. The molecule has 9 heteroatoms. The van der Waals surface area contributed by atoms with Gasteiger partial charge < -0.3 is 19.8 Å². The van der Waals surface area contributed by atoms with Crippen molar-refractivity contribution >= 4 is 13.7 Å². The smallest absolute Gasteiger partial charge is 0.387 e. The summed E-state index contributed by atoms with van der Waals surface area (Å²) in [5.74, 6) is -0.168. The molecule has 0 heterocycles. The molecule has 82 heavy (non-hydrogen) atoms. The van der Waals surface area contributed by atoms with Gasteiger partial charge in [0.15, 0.2) is 0 Å². The van der Waals surface area contributed by atoms with Crippen LogP contribution in [0.25, 0.3) is 0 Å². The zero-order valence-corrected chi connectivity index (χ0v) is 56.9. The van der Waals surface area contributed by atoms with E-state index in [0.717, 1.165) is 32.1 Å². The van der Waals surface area contributed by atoms with Gasteiger partial charge in [-0.25, -0.2) is 4.57 Å². The van der Waals surface area contributed by atoms with E-state index < -0.39 is 20.0 Å². The Morgan fingerprint density at radius 3 is 0.939 bits per heavy atom. The first-order valence-corrected chi connectivity index (χ1v) is 38.2. The first-order chi connectivity index (χ1) is 40.0. The standard InChI is InChI=1S/C73H145N2O6P/c1-6-8-10-12-14-16-18-20-22-24-26-28-30-32-34-35-36-37-38-39-41-43-45-47-49-51-53-55-57-59-61-63-65-67-73(77)74-71(70-81-82(78,79)80-69-68-75(3,4)5)72(76)66-64-62-60-58-56-54-52-50-48-46-44-42-40-33-31-29-27-25-23-21-19-17-15-13-11-9-7-2/h24,26,64,66,71-72,76H,6-23,25,27-63,65,67-70H2,1-5H3,(H-,74,77,78,79)/p+1/b26-24-,66-64+. The number of unbranched alkanes of at least 4 members (excludes halogenated alkanes) is 54. The van der Waals surface area contributed by atoms with Gasteiger partial charge in [-0.3, -0.25) is 13.8 Å². The summed E-state index contributed by atoms with van der Waals surface area (Å²) in [4.78, 5) is 23.4. The fraction of sp³-hybridized carbons (Fsp3) is 0.932. The van der Waals surface area contributed by atoms with Gasteiger partial charge in [-0.05, 0) is 44.9 Å². The molecule has 0 aliphatic rings. The third-order valence-electron chi connectivity index (χ3n) is 17.2. The average Bonchev–Trinajstić information content (AvgIpc) is 3.47. The Morgan fingerprint density at radius 2 is 0.659 bits per heavy atom. The Morgan fingerprint density at radius 1 is 0.402 bits per heavy atom. The number of hydrogen-bond acceptors (Lipinski definition) is 5. The lowest BCUT2D eigenvalue weighted by atomic mass is 10.0. The summed E-state index contributed by atoms with van der Waals surface area (Å²) >= 11 is 0. The number of aliphatic hydroxyl groups excluding tert-OH is 1. The molecule has 0 saturated heterocycles. The lowest BCUT2D eigenvalue weighted by Gasteiger charge is -2.25. The van der Waals surface area contributed by atoms with Crippen LogP contribution in [0.2, 0.25) is 0 Å². The number of aliphatic hydroxyl groups is 1. The summed E-state index contributed by atoms with van der Waals surface area (Å²) in [6.45, 7) is 4.88. The van der Waals surface area contributed by atoms with E-state index >= 15 is 0 Å². The number of phosphoric ester groups is 1. The van der Waals surface area contributed by atoms with Crippen LogP contribution in [0.15, 0.2) is 24.3 Å². The Kier molecular flexibility index (Phi) is 63.7. The van der Waals surface area contributed by atoms with E-state index in [1.54, 1.807) is 6.08 Å². The molecule has 8 nitrogen and oxygen atoms in total. The van der Waals surface area contributed by atoms with Crippen LogP contribution in [0.3, 0.4) is 0 Å². The zero-order valence-electron chi connectivity index (χ0n) is 56.0. The predicted octanol–water partition coefficient (Wildman–Crippen LogP) is 23.4. The summed E-state index contributed by atoms with van der Waals surface area (Å²) in [7, 11) is 1.59. The van der Waals surface area contributed by atoms with E-state index in [4.69, 9.17) is 9.05 Å². The van der Waals surface area contributed by atoms with Gasteiger partial charge in [0.05, 0.1) is 39.9 Å². The zero-order chi connectivity index (χ0) is 59.8.